The minimum atomic E-state index is -0.957. The smallest absolute Gasteiger partial charge is 0.345 e. The first-order valence-corrected chi connectivity index (χ1v) is 8.14. The van der Waals surface area contributed by atoms with Gasteiger partial charge in [-0.2, -0.15) is 0 Å². The summed E-state index contributed by atoms with van der Waals surface area (Å²) in [5, 5.41) is 11.7. The van der Waals surface area contributed by atoms with E-state index in [-0.39, 0.29) is 10.8 Å². The number of carbonyl (C=O) groups is 2. The molecule has 5 nitrogen and oxygen atoms in total. The number of carboxylic acid groups (broad SMARTS) is 1. The Balaban J connectivity index is 1.92. The third-order valence-corrected chi connectivity index (χ3v) is 4.31. The fraction of sp³-hybridized carbons (Fsp3) is 0.294. The topological polar surface area (TPSA) is 75.6 Å². The number of hydrogen-bond donors (Lipinski definition) is 2. The van der Waals surface area contributed by atoms with Gasteiger partial charge < -0.3 is 15.2 Å². The lowest BCUT2D eigenvalue weighted by atomic mass is 10.2. The van der Waals surface area contributed by atoms with E-state index in [9.17, 15) is 9.59 Å². The van der Waals surface area contributed by atoms with Gasteiger partial charge in [0.2, 0.25) is 0 Å². The van der Waals surface area contributed by atoms with Crippen LogP contribution in [0.4, 0.5) is 0 Å². The van der Waals surface area contributed by atoms with E-state index in [1.165, 1.54) is 6.07 Å². The lowest BCUT2D eigenvalue weighted by molar-refractivity contribution is -0.128. The van der Waals surface area contributed by atoms with Crippen LogP contribution in [0.3, 0.4) is 0 Å². The minimum absolute atomic E-state index is 0.209. The standard InChI is InChI=1S/C17H19NO4S/c1-3-14(22-12-6-4-5-11(2)9-12)16(19)18-10-13-7-8-15(23-13)17(20)21/h4-9,14H,3,10H2,1-2H3,(H,18,19)(H,20,21). The van der Waals surface area contributed by atoms with E-state index in [1.54, 1.807) is 6.07 Å². The van der Waals surface area contributed by atoms with E-state index in [0.717, 1.165) is 21.8 Å². The van der Waals surface area contributed by atoms with E-state index in [0.29, 0.717) is 18.7 Å². The zero-order valence-corrected chi connectivity index (χ0v) is 13.9. The van der Waals surface area contributed by atoms with Crippen molar-refractivity contribution in [2.24, 2.45) is 0 Å². The molecule has 0 fully saturated rings. The molecule has 0 aliphatic carbocycles. The van der Waals surface area contributed by atoms with Crippen LogP contribution in [0, 0.1) is 6.92 Å². The zero-order chi connectivity index (χ0) is 16.8. The summed E-state index contributed by atoms with van der Waals surface area (Å²) in [6.07, 6.45) is -0.0272. The third kappa shape index (κ3) is 4.82. The van der Waals surface area contributed by atoms with Crippen molar-refractivity contribution in [2.75, 3.05) is 0 Å². The first-order chi connectivity index (χ1) is 11.0. The molecular formula is C17H19NO4S. The van der Waals surface area contributed by atoms with Gasteiger partial charge in [0.1, 0.15) is 10.6 Å². The molecule has 1 aromatic carbocycles. The summed E-state index contributed by atoms with van der Waals surface area (Å²) in [5.74, 6) is -0.502. The van der Waals surface area contributed by atoms with Gasteiger partial charge in [0.05, 0.1) is 6.54 Å². The summed E-state index contributed by atoms with van der Waals surface area (Å²) < 4.78 is 5.74. The molecule has 2 aromatic rings. The van der Waals surface area contributed by atoms with Crippen molar-refractivity contribution in [1.29, 1.82) is 0 Å². The van der Waals surface area contributed by atoms with E-state index >= 15 is 0 Å². The Hall–Kier alpha value is -2.34. The third-order valence-electron chi connectivity index (χ3n) is 3.24. The number of thiophene rings is 1. The number of rotatable bonds is 7. The minimum Gasteiger partial charge on any atom is -0.481 e. The Morgan fingerprint density at radius 2 is 2.09 bits per heavy atom. The second kappa shape index (κ2) is 7.78. The molecule has 0 radical (unpaired) electrons. The Kier molecular flexibility index (Phi) is 5.76. The molecule has 1 amide bonds. The molecule has 2 N–H and O–H groups in total. The zero-order valence-electron chi connectivity index (χ0n) is 13.0. The quantitative estimate of drug-likeness (QED) is 0.816. The fourth-order valence-corrected chi connectivity index (χ4v) is 2.84. The lowest BCUT2D eigenvalue weighted by Gasteiger charge is -2.17. The maximum absolute atomic E-state index is 12.2. The van der Waals surface area contributed by atoms with E-state index in [2.05, 4.69) is 5.32 Å². The highest BCUT2D eigenvalue weighted by molar-refractivity contribution is 7.13. The van der Waals surface area contributed by atoms with Gasteiger partial charge in [0.25, 0.3) is 5.91 Å². The predicted molar refractivity (Wildman–Crippen MR) is 89.0 cm³/mol. The molecule has 0 aliphatic heterocycles. The largest absolute Gasteiger partial charge is 0.481 e. The van der Waals surface area contributed by atoms with Gasteiger partial charge in [-0.15, -0.1) is 11.3 Å². The number of aryl methyl sites for hydroxylation is 1. The molecule has 2 rings (SSSR count). The first kappa shape index (κ1) is 17.0. The number of amides is 1. The van der Waals surface area contributed by atoms with Crippen molar-refractivity contribution in [1.82, 2.24) is 5.32 Å². The summed E-state index contributed by atoms with van der Waals surface area (Å²) >= 11 is 1.15. The number of carboxylic acids is 1. The van der Waals surface area contributed by atoms with Gasteiger partial charge in [-0.1, -0.05) is 19.1 Å². The highest BCUT2D eigenvalue weighted by Gasteiger charge is 2.18. The second-order valence-electron chi connectivity index (χ2n) is 5.12. The van der Waals surface area contributed by atoms with E-state index in [4.69, 9.17) is 9.84 Å². The first-order valence-electron chi connectivity index (χ1n) is 7.32. The van der Waals surface area contributed by atoms with Crippen molar-refractivity contribution < 1.29 is 19.4 Å². The van der Waals surface area contributed by atoms with Crippen LogP contribution in [0.5, 0.6) is 5.75 Å². The number of aromatic carboxylic acids is 1. The number of ether oxygens (including phenoxy) is 1. The van der Waals surface area contributed by atoms with E-state index in [1.807, 2.05) is 38.1 Å². The summed E-state index contributed by atoms with van der Waals surface area (Å²) in [5.41, 5.74) is 1.07. The number of nitrogens with one attached hydrogen (secondary N) is 1. The highest BCUT2D eigenvalue weighted by atomic mass is 32.1. The molecule has 23 heavy (non-hydrogen) atoms. The lowest BCUT2D eigenvalue weighted by Crippen LogP contribution is -2.37. The molecule has 1 atom stereocenters. The number of carbonyl (C=O) groups excluding carboxylic acids is 1. The van der Waals surface area contributed by atoms with Crippen molar-refractivity contribution in [3.05, 3.63) is 51.7 Å². The van der Waals surface area contributed by atoms with Crippen LogP contribution in [-0.2, 0) is 11.3 Å². The summed E-state index contributed by atoms with van der Waals surface area (Å²) in [6.45, 7) is 4.14. The van der Waals surface area contributed by atoms with Crippen LogP contribution < -0.4 is 10.1 Å². The molecule has 0 aliphatic rings. The van der Waals surface area contributed by atoms with Crippen molar-refractivity contribution >= 4 is 23.2 Å². The molecule has 1 aromatic heterocycles. The van der Waals surface area contributed by atoms with Crippen molar-refractivity contribution in [3.63, 3.8) is 0 Å². The van der Waals surface area contributed by atoms with Crippen LogP contribution in [-0.4, -0.2) is 23.1 Å². The summed E-state index contributed by atoms with van der Waals surface area (Å²) in [6, 6.07) is 10.8. The maximum Gasteiger partial charge on any atom is 0.345 e. The highest BCUT2D eigenvalue weighted by Crippen LogP contribution is 2.17. The average molecular weight is 333 g/mol. The summed E-state index contributed by atoms with van der Waals surface area (Å²) in [7, 11) is 0. The molecule has 0 bridgehead atoms. The number of hydrogen-bond acceptors (Lipinski definition) is 4. The Bertz CT molecular complexity index is 695. The monoisotopic (exact) mass is 333 g/mol. The van der Waals surface area contributed by atoms with Crippen LogP contribution in [0.1, 0.15) is 33.5 Å². The van der Waals surface area contributed by atoms with Crippen LogP contribution in [0.15, 0.2) is 36.4 Å². The van der Waals surface area contributed by atoms with Gasteiger partial charge >= 0.3 is 5.97 Å². The van der Waals surface area contributed by atoms with Crippen molar-refractivity contribution in [3.8, 4) is 5.75 Å². The van der Waals surface area contributed by atoms with Gasteiger partial charge in [0.15, 0.2) is 6.10 Å². The van der Waals surface area contributed by atoms with Gasteiger partial charge in [-0.05, 0) is 43.2 Å². The molecule has 0 saturated carbocycles. The maximum atomic E-state index is 12.2. The van der Waals surface area contributed by atoms with Crippen LogP contribution in [0.2, 0.25) is 0 Å². The van der Waals surface area contributed by atoms with Crippen LogP contribution >= 0.6 is 11.3 Å². The molecular weight excluding hydrogens is 314 g/mol. The van der Waals surface area contributed by atoms with E-state index < -0.39 is 12.1 Å². The molecule has 6 heteroatoms. The SMILES string of the molecule is CCC(Oc1cccc(C)c1)C(=O)NCc1ccc(C(=O)O)s1. The van der Waals surface area contributed by atoms with Crippen LogP contribution in [0.25, 0.3) is 0 Å². The normalized spacial score (nSPS) is 11.7. The Labute approximate surface area is 138 Å². The molecule has 1 heterocycles. The van der Waals surface area contributed by atoms with Gasteiger partial charge in [0, 0.05) is 4.88 Å². The fourth-order valence-electron chi connectivity index (χ4n) is 2.05. The molecule has 0 saturated heterocycles. The second-order valence-corrected chi connectivity index (χ2v) is 6.29. The predicted octanol–water partition coefficient (Wildman–Crippen LogP) is 3.23. The van der Waals surface area contributed by atoms with Crippen molar-refractivity contribution in [2.45, 2.75) is 32.9 Å². The number of benzene rings is 1. The van der Waals surface area contributed by atoms with Gasteiger partial charge in [-0.25, -0.2) is 4.79 Å². The van der Waals surface area contributed by atoms with Gasteiger partial charge in [-0.3, -0.25) is 4.79 Å². The molecule has 1 unspecified atom stereocenters. The Morgan fingerprint density at radius 3 is 2.70 bits per heavy atom. The molecule has 122 valence electrons. The molecule has 0 spiro atoms. The summed E-state index contributed by atoms with van der Waals surface area (Å²) in [4.78, 5) is 24.1. The Morgan fingerprint density at radius 1 is 1.30 bits per heavy atom. The average Bonchev–Trinajstić information content (AvgIpc) is 2.99.